The number of carbonyl (C=O) groups excluding carboxylic acids is 1. The molecule has 0 amide bonds. The van der Waals surface area contributed by atoms with Crippen molar-refractivity contribution in [3.05, 3.63) is 0 Å². The molecule has 4 heteroatoms. The molecule has 0 radical (unpaired) electrons. The number of likely N-dealkylation sites (tertiary alicyclic amines) is 1. The van der Waals surface area contributed by atoms with Crippen molar-refractivity contribution >= 4 is 5.97 Å². The summed E-state index contributed by atoms with van der Waals surface area (Å²) in [4.78, 5) is 14.2. The lowest BCUT2D eigenvalue weighted by Crippen LogP contribution is -2.41. The van der Waals surface area contributed by atoms with Gasteiger partial charge in [0.15, 0.2) is 0 Å². The summed E-state index contributed by atoms with van der Waals surface area (Å²) in [6, 6.07) is 0.583. The van der Waals surface area contributed by atoms with Crippen molar-refractivity contribution in [1.29, 1.82) is 0 Å². The van der Waals surface area contributed by atoms with Gasteiger partial charge in [-0.15, -0.1) is 0 Å². The van der Waals surface area contributed by atoms with Gasteiger partial charge in [-0.2, -0.15) is 0 Å². The molecule has 1 rings (SSSR count). The maximum atomic E-state index is 11.6. The summed E-state index contributed by atoms with van der Waals surface area (Å²) in [5.74, 6) is -0.114. The van der Waals surface area contributed by atoms with E-state index in [1.54, 1.807) is 0 Å². The van der Waals surface area contributed by atoms with E-state index in [4.69, 9.17) is 4.74 Å². The largest absolute Gasteiger partial charge is 0.465 e. The molecule has 0 aliphatic carbocycles. The van der Waals surface area contributed by atoms with Gasteiger partial charge in [0.05, 0.1) is 6.61 Å². The fourth-order valence-electron chi connectivity index (χ4n) is 2.69. The molecule has 112 valence electrons. The molecule has 2 unspecified atom stereocenters. The van der Waals surface area contributed by atoms with Gasteiger partial charge in [0.2, 0.25) is 0 Å². The number of piperidine rings is 1. The van der Waals surface area contributed by atoms with Crippen LogP contribution in [0, 0.1) is 0 Å². The molecule has 1 saturated heterocycles. The highest BCUT2D eigenvalue weighted by molar-refractivity contribution is 5.75. The van der Waals surface area contributed by atoms with Crippen molar-refractivity contribution in [2.45, 2.75) is 65.0 Å². The van der Waals surface area contributed by atoms with Crippen molar-refractivity contribution in [1.82, 2.24) is 10.2 Å². The van der Waals surface area contributed by atoms with Crippen molar-refractivity contribution in [3.63, 3.8) is 0 Å². The highest BCUT2D eigenvalue weighted by Gasteiger charge is 2.19. The minimum atomic E-state index is -0.140. The van der Waals surface area contributed by atoms with E-state index in [2.05, 4.69) is 17.1 Å². The fourth-order valence-corrected chi connectivity index (χ4v) is 2.69. The van der Waals surface area contributed by atoms with E-state index in [0.717, 1.165) is 32.0 Å². The molecular weight excluding hydrogens is 240 g/mol. The Morgan fingerprint density at radius 2 is 2.21 bits per heavy atom. The monoisotopic (exact) mass is 270 g/mol. The van der Waals surface area contributed by atoms with Crippen LogP contribution in [0.15, 0.2) is 0 Å². The molecule has 1 fully saturated rings. The maximum Gasteiger partial charge on any atom is 0.323 e. The number of nitrogens with zero attached hydrogens (tertiary/aromatic N) is 1. The van der Waals surface area contributed by atoms with E-state index in [1.807, 2.05) is 13.8 Å². The summed E-state index contributed by atoms with van der Waals surface area (Å²) in [5, 5.41) is 3.31. The van der Waals surface area contributed by atoms with Crippen molar-refractivity contribution in [2.75, 3.05) is 26.2 Å². The number of hydrogen-bond donors (Lipinski definition) is 1. The van der Waals surface area contributed by atoms with Gasteiger partial charge in [-0.05, 0) is 59.2 Å². The molecular formula is C15H30N2O2. The van der Waals surface area contributed by atoms with Crippen LogP contribution in [0.2, 0.25) is 0 Å². The van der Waals surface area contributed by atoms with Gasteiger partial charge in [0.1, 0.15) is 6.04 Å². The highest BCUT2D eigenvalue weighted by atomic mass is 16.5. The summed E-state index contributed by atoms with van der Waals surface area (Å²) in [5.41, 5.74) is 0. The van der Waals surface area contributed by atoms with Crippen molar-refractivity contribution in [3.8, 4) is 0 Å². The molecule has 2 atom stereocenters. The number of rotatable bonds is 8. The Morgan fingerprint density at radius 1 is 1.42 bits per heavy atom. The average Bonchev–Trinajstić information content (AvgIpc) is 2.41. The molecule has 0 aromatic heterocycles. The van der Waals surface area contributed by atoms with E-state index in [0.29, 0.717) is 6.61 Å². The van der Waals surface area contributed by atoms with Crippen LogP contribution in [0.1, 0.15) is 52.9 Å². The number of ether oxygens (including phenoxy) is 1. The summed E-state index contributed by atoms with van der Waals surface area (Å²) in [6.45, 7) is 9.90. The van der Waals surface area contributed by atoms with Crippen LogP contribution >= 0.6 is 0 Å². The molecule has 19 heavy (non-hydrogen) atoms. The van der Waals surface area contributed by atoms with Crippen molar-refractivity contribution in [2.24, 2.45) is 0 Å². The molecule has 1 N–H and O–H groups in total. The first-order valence-electron chi connectivity index (χ1n) is 7.83. The topological polar surface area (TPSA) is 41.6 Å². The van der Waals surface area contributed by atoms with Crippen LogP contribution in [0.3, 0.4) is 0 Å². The Bertz CT molecular complexity index is 259. The number of nitrogens with one attached hydrogen (secondary N) is 1. The molecule has 1 aliphatic heterocycles. The fraction of sp³-hybridized carbons (Fsp3) is 0.933. The average molecular weight is 270 g/mol. The predicted molar refractivity (Wildman–Crippen MR) is 78.2 cm³/mol. The summed E-state index contributed by atoms with van der Waals surface area (Å²) < 4.78 is 5.05. The highest BCUT2D eigenvalue weighted by Crippen LogP contribution is 2.16. The second kappa shape index (κ2) is 9.32. The SMILES string of the molecule is CCOC(=O)C(CC)NCCCN1CCCCC1C. The number of esters is 1. The minimum Gasteiger partial charge on any atom is -0.465 e. The Morgan fingerprint density at radius 3 is 2.84 bits per heavy atom. The third-order valence-corrected chi connectivity index (χ3v) is 3.93. The first-order chi connectivity index (χ1) is 9.19. The standard InChI is InChI=1S/C15H30N2O2/c1-4-14(15(18)19-5-2)16-10-8-12-17-11-7-6-9-13(17)3/h13-14,16H,4-12H2,1-3H3. The third kappa shape index (κ3) is 5.91. The second-order valence-corrected chi connectivity index (χ2v) is 5.40. The lowest BCUT2D eigenvalue weighted by atomic mass is 10.0. The Balaban J connectivity index is 2.16. The van der Waals surface area contributed by atoms with Gasteiger partial charge in [-0.25, -0.2) is 0 Å². The zero-order valence-electron chi connectivity index (χ0n) is 12.8. The smallest absolute Gasteiger partial charge is 0.323 e. The molecule has 1 aliphatic rings. The third-order valence-electron chi connectivity index (χ3n) is 3.93. The number of carbonyl (C=O) groups is 1. The summed E-state index contributed by atoms with van der Waals surface area (Å²) in [7, 11) is 0. The lowest BCUT2D eigenvalue weighted by Gasteiger charge is -2.33. The van der Waals surface area contributed by atoms with Crippen LogP contribution in [0.5, 0.6) is 0 Å². The minimum absolute atomic E-state index is 0.114. The van der Waals surface area contributed by atoms with Gasteiger partial charge in [-0.3, -0.25) is 4.79 Å². The molecule has 0 spiro atoms. The Kier molecular flexibility index (Phi) is 8.07. The zero-order chi connectivity index (χ0) is 14.1. The first kappa shape index (κ1) is 16.4. The molecule has 0 aromatic rings. The van der Waals surface area contributed by atoms with E-state index >= 15 is 0 Å². The Hall–Kier alpha value is -0.610. The first-order valence-corrected chi connectivity index (χ1v) is 7.83. The van der Waals surface area contributed by atoms with Gasteiger partial charge < -0.3 is 15.0 Å². The molecule has 0 bridgehead atoms. The predicted octanol–water partition coefficient (Wildman–Crippen LogP) is 2.18. The van der Waals surface area contributed by atoms with E-state index in [9.17, 15) is 4.79 Å². The van der Waals surface area contributed by atoms with Crippen LogP contribution in [-0.2, 0) is 9.53 Å². The molecule has 1 heterocycles. The molecule has 4 nitrogen and oxygen atoms in total. The van der Waals surface area contributed by atoms with Gasteiger partial charge in [0, 0.05) is 6.04 Å². The lowest BCUT2D eigenvalue weighted by molar-refractivity contribution is -0.145. The zero-order valence-corrected chi connectivity index (χ0v) is 12.8. The van der Waals surface area contributed by atoms with Gasteiger partial charge >= 0.3 is 5.97 Å². The number of hydrogen-bond acceptors (Lipinski definition) is 4. The van der Waals surface area contributed by atoms with Gasteiger partial charge in [-0.1, -0.05) is 13.3 Å². The normalized spacial score (nSPS) is 22.2. The second-order valence-electron chi connectivity index (χ2n) is 5.40. The van der Waals surface area contributed by atoms with Crippen LogP contribution in [-0.4, -0.2) is 49.2 Å². The Labute approximate surface area is 117 Å². The maximum absolute atomic E-state index is 11.6. The summed E-state index contributed by atoms with van der Waals surface area (Å²) in [6.07, 6.45) is 5.92. The van der Waals surface area contributed by atoms with Crippen LogP contribution in [0.4, 0.5) is 0 Å². The van der Waals surface area contributed by atoms with Gasteiger partial charge in [0.25, 0.3) is 0 Å². The molecule has 0 saturated carbocycles. The van der Waals surface area contributed by atoms with Crippen molar-refractivity contribution < 1.29 is 9.53 Å². The van der Waals surface area contributed by atoms with E-state index in [-0.39, 0.29) is 12.0 Å². The van der Waals surface area contributed by atoms with E-state index < -0.39 is 0 Å². The van der Waals surface area contributed by atoms with E-state index in [1.165, 1.54) is 25.8 Å². The molecule has 0 aromatic carbocycles. The van der Waals surface area contributed by atoms with Crippen LogP contribution < -0.4 is 5.32 Å². The summed E-state index contributed by atoms with van der Waals surface area (Å²) >= 11 is 0. The van der Waals surface area contributed by atoms with Crippen LogP contribution in [0.25, 0.3) is 0 Å². The quantitative estimate of drug-likeness (QED) is 0.542.